The van der Waals surface area contributed by atoms with Crippen LogP contribution in [0.3, 0.4) is 0 Å². The number of benzene rings is 1. The van der Waals surface area contributed by atoms with Crippen LogP contribution < -0.4 is 10.6 Å². The first-order valence-corrected chi connectivity index (χ1v) is 6.35. The van der Waals surface area contributed by atoms with Crippen LogP contribution in [-0.2, 0) is 4.79 Å². The molecule has 0 unspecified atom stereocenters. The van der Waals surface area contributed by atoms with Crippen molar-refractivity contribution in [2.24, 2.45) is 5.73 Å². The fourth-order valence-corrected chi connectivity index (χ4v) is 1.91. The van der Waals surface area contributed by atoms with Crippen molar-refractivity contribution in [3.05, 3.63) is 30.1 Å². The lowest BCUT2D eigenvalue weighted by atomic mass is 9.92. The highest BCUT2D eigenvalue weighted by Crippen LogP contribution is 2.22. The van der Waals surface area contributed by atoms with Gasteiger partial charge in [-0.15, -0.1) is 0 Å². The van der Waals surface area contributed by atoms with Crippen LogP contribution in [0.5, 0.6) is 0 Å². The Morgan fingerprint density at radius 3 is 2.39 bits per heavy atom. The standard InChI is InChI=1S/C14H21FN2O/c1-4-14(16,5-2)13(18)17(6-3)12-9-7-8-11(15)10-12/h7-10H,4-6,16H2,1-3H3. The third-order valence-electron chi connectivity index (χ3n) is 3.37. The molecule has 0 atom stereocenters. The smallest absolute Gasteiger partial charge is 0.247 e. The fourth-order valence-electron chi connectivity index (χ4n) is 1.91. The Morgan fingerprint density at radius 1 is 1.33 bits per heavy atom. The quantitative estimate of drug-likeness (QED) is 0.875. The largest absolute Gasteiger partial charge is 0.317 e. The van der Waals surface area contributed by atoms with Gasteiger partial charge in [-0.2, -0.15) is 0 Å². The first kappa shape index (κ1) is 14.6. The minimum Gasteiger partial charge on any atom is -0.317 e. The van der Waals surface area contributed by atoms with Crippen LogP contribution in [0.4, 0.5) is 10.1 Å². The lowest BCUT2D eigenvalue weighted by Crippen LogP contribution is -2.54. The number of halogens is 1. The number of likely N-dealkylation sites (N-methyl/N-ethyl adjacent to an activating group) is 1. The number of amides is 1. The van der Waals surface area contributed by atoms with Gasteiger partial charge in [-0.05, 0) is 38.0 Å². The van der Waals surface area contributed by atoms with Gasteiger partial charge in [0.05, 0.1) is 5.54 Å². The average molecular weight is 252 g/mol. The molecule has 1 aromatic rings. The van der Waals surface area contributed by atoms with Gasteiger partial charge in [0.25, 0.3) is 0 Å². The maximum Gasteiger partial charge on any atom is 0.247 e. The van der Waals surface area contributed by atoms with E-state index in [1.54, 1.807) is 12.1 Å². The number of hydrogen-bond donors (Lipinski definition) is 1. The summed E-state index contributed by atoms with van der Waals surface area (Å²) in [6, 6.07) is 6.03. The molecule has 0 aliphatic heterocycles. The first-order valence-electron chi connectivity index (χ1n) is 6.35. The summed E-state index contributed by atoms with van der Waals surface area (Å²) < 4.78 is 13.2. The highest BCUT2D eigenvalue weighted by Gasteiger charge is 2.34. The molecule has 1 aromatic carbocycles. The molecule has 18 heavy (non-hydrogen) atoms. The van der Waals surface area contributed by atoms with E-state index < -0.39 is 5.54 Å². The molecular formula is C14H21FN2O. The van der Waals surface area contributed by atoms with Gasteiger partial charge in [0, 0.05) is 12.2 Å². The van der Waals surface area contributed by atoms with Crippen LogP contribution >= 0.6 is 0 Å². The molecule has 4 heteroatoms. The zero-order valence-electron chi connectivity index (χ0n) is 11.2. The third-order valence-corrected chi connectivity index (χ3v) is 3.37. The van der Waals surface area contributed by atoms with Gasteiger partial charge in [-0.25, -0.2) is 4.39 Å². The number of carbonyl (C=O) groups is 1. The molecular weight excluding hydrogens is 231 g/mol. The summed E-state index contributed by atoms with van der Waals surface area (Å²) in [5.41, 5.74) is 5.79. The molecule has 0 aromatic heterocycles. The number of hydrogen-bond acceptors (Lipinski definition) is 2. The minimum absolute atomic E-state index is 0.152. The Bertz CT molecular complexity index is 416. The van der Waals surface area contributed by atoms with Crippen LogP contribution in [0.2, 0.25) is 0 Å². The van der Waals surface area contributed by atoms with E-state index in [1.165, 1.54) is 17.0 Å². The second-order valence-electron chi connectivity index (χ2n) is 4.39. The number of nitrogens with two attached hydrogens (primary N) is 1. The summed E-state index contributed by atoms with van der Waals surface area (Å²) in [7, 11) is 0. The highest BCUT2D eigenvalue weighted by molar-refractivity contribution is 6.00. The molecule has 0 saturated heterocycles. The second-order valence-corrected chi connectivity index (χ2v) is 4.39. The van der Waals surface area contributed by atoms with Crippen molar-refractivity contribution in [2.75, 3.05) is 11.4 Å². The average Bonchev–Trinajstić information content (AvgIpc) is 2.38. The lowest BCUT2D eigenvalue weighted by Gasteiger charge is -2.32. The molecule has 100 valence electrons. The maximum atomic E-state index is 13.2. The van der Waals surface area contributed by atoms with Gasteiger partial charge in [0.15, 0.2) is 0 Å². The lowest BCUT2D eigenvalue weighted by molar-refractivity contribution is -0.123. The van der Waals surface area contributed by atoms with E-state index in [4.69, 9.17) is 5.73 Å². The minimum atomic E-state index is -0.873. The molecule has 0 bridgehead atoms. The second kappa shape index (κ2) is 5.96. The SMILES string of the molecule is CCN(C(=O)C(N)(CC)CC)c1cccc(F)c1. The topological polar surface area (TPSA) is 46.3 Å². The molecule has 0 aliphatic rings. The van der Waals surface area contributed by atoms with Gasteiger partial charge in [-0.1, -0.05) is 19.9 Å². The summed E-state index contributed by atoms with van der Waals surface area (Å²) in [4.78, 5) is 14.0. The van der Waals surface area contributed by atoms with Gasteiger partial charge in [-0.3, -0.25) is 4.79 Å². The van der Waals surface area contributed by atoms with Gasteiger partial charge < -0.3 is 10.6 Å². The molecule has 0 saturated carbocycles. The van der Waals surface area contributed by atoms with Gasteiger partial charge in [0.1, 0.15) is 5.82 Å². The van der Waals surface area contributed by atoms with E-state index in [0.29, 0.717) is 25.1 Å². The summed E-state index contributed by atoms with van der Waals surface area (Å²) in [5.74, 6) is -0.505. The Balaban J connectivity index is 3.07. The van der Waals surface area contributed by atoms with Crippen LogP contribution in [0.25, 0.3) is 0 Å². The molecule has 0 spiro atoms. The summed E-state index contributed by atoms with van der Waals surface area (Å²) in [6.07, 6.45) is 1.13. The fraction of sp³-hybridized carbons (Fsp3) is 0.500. The van der Waals surface area contributed by atoms with E-state index in [1.807, 2.05) is 20.8 Å². The molecule has 1 amide bonds. The molecule has 0 fully saturated rings. The number of carbonyl (C=O) groups excluding carboxylic acids is 1. The van der Waals surface area contributed by atoms with Crippen LogP contribution in [0.1, 0.15) is 33.6 Å². The van der Waals surface area contributed by atoms with Crippen molar-refractivity contribution in [3.8, 4) is 0 Å². The number of anilines is 1. The number of nitrogens with zero attached hydrogens (tertiary/aromatic N) is 1. The molecule has 3 nitrogen and oxygen atoms in total. The molecule has 0 radical (unpaired) electrons. The molecule has 2 N–H and O–H groups in total. The number of rotatable bonds is 5. The third kappa shape index (κ3) is 2.88. The molecule has 0 aliphatic carbocycles. The van der Waals surface area contributed by atoms with Gasteiger partial charge >= 0.3 is 0 Å². The van der Waals surface area contributed by atoms with Crippen LogP contribution in [0.15, 0.2) is 24.3 Å². The van der Waals surface area contributed by atoms with Crippen molar-refractivity contribution < 1.29 is 9.18 Å². The Kier molecular flexibility index (Phi) is 4.84. The predicted octanol–water partition coefficient (Wildman–Crippen LogP) is 2.70. The predicted molar refractivity (Wildman–Crippen MR) is 71.9 cm³/mol. The van der Waals surface area contributed by atoms with Crippen molar-refractivity contribution >= 4 is 11.6 Å². The van der Waals surface area contributed by atoms with E-state index in [2.05, 4.69) is 0 Å². The summed E-state index contributed by atoms with van der Waals surface area (Å²) in [6.45, 7) is 6.11. The van der Waals surface area contributed by atoms with E-state index in [-0.39, 0.29) is 11.7 Å². The van der Waals surface area contributed by atoms with Gasteiger partial charge in [0.2, 0.25) is 5.91 Å². The summed E-state index contributed by atoms with van der Waals surface area (Å²) >= 11 is 0. The Labute approximate surface area is 108 Å². The van der Waals surface area contributed by atoms with E-state index >= 15 is 0 Å². The zero-order valence-corrected chi connectivity index (χ0v) is 11.2. The highest BCUT2D eigenvalue weighted by atomic mass is 19.1. The summed E-state index contributed by atoms with van der Waals surface area (Å²) in [5, 5.41) is 0. The normalized spacial score (nSPS) is 11.4. The van der Waals surface area contributed by atoms with Crippen LogP contribution in [0, 0.1) is 5.82 Å². The van der Waals surface area contributed by atoms with Crippen molar-refractivity contribution in [1.29, 1.82) is 0 Å². The van der Waals surface area contributed by atoms with E-state index in [9.17, 15) is 9.18 Å². The first-order chi connectivity index (χ1) is 8.48. The van der Waals surface area contributed by atoms with E-state index in [0.717, 1.165) is 0 Å². The monoisotopic (exact) mass is 252 g/mol. The molecule has 0 heterocycles. The maximum absolute atomic E-state index is 13.2. The van der Waals surface area contributed by atoms with Crippen molar-refractivity contribution in [2.45, 2.75) is 39.2 Å². The van der Waals surface area contributed by atoms with Crippen molar-refractivity contribution in [1.82, 2.24) is 0 Å². The van der Waals surface area contributed by atoms with Crippen molar-refractivity contribution in [3.63, 3.8) is 0 Å². The molecule has 1 rings (SSSR count). The Hall–Kier alpha value is -1.42. The Morgan fingerprint density at radius 2 is 1.94 bits per heavy atom. The van der Waals surface area contributed by atoms with Crippen LogP contribution in [-0.4, -0.2) is 18.0 Å². The zero-order chi connectivity index (χ0) is 13.8.